The van der Waals surface area contributed by atoms with Crippen molar-refractivity contribution in [1.82, 2.24) is 15.4 Å². The molecule has 2 aliphatic heterocycles. The monoisotopic (exact) mass is 435 g/mol. The van der Waals surface area contributed by atoms with E-state index in [0.29, 0.717) is 33.8 Å². The first-order chi connectivity index (χ1) is 14.0. The van der Waals surface area contributed by atoms with E-state index in [1.54, 1.807) is 4.90 Å². The highest BCUT2D eigenvalue weighted by molar-refractivity contribution is 6.39. The van der Waals surface area contributed by atoms with Crippen LogP contribution in [0.15, 0.2) is 22.7 Å². The van der Waals surface area contributed by atoms with Gasteiger partial charge in [-0.25, -0.2) is 4.79 Å². The summed E-state index contributed by atoms with van der Waals surface area (Å²) in [4.78, 5) is 13.2. The molecule has 2 saturated heterocycles. The van der Waals surface area contributed by atoms with E-state index in [9.17, 15) is 9.90 Å². The van der Waals surface area contributed by atoms with Crippen LogP contribution in [-0.4, -0.2) is 39.4 Å². The van der Waals surface area contributed by atoms with E-state index in [1.165, 1.54) is 0 Å². The molecule has 6 nitrogen and oxygen atoms in total. The summed E-state index contributed by atoms with van der Waals surface area (Å²) >= 11 is 12.9. The number of piperidine rings is 1. The number of nitrogens with one attached hydrogen (secondary N) is 1. The van der Waals surface area contributed by atoms with Crippen LogP contribution in [0.25, 0.3) is 11.3 Å². The Balaban J connectivity index is 1.38. The number of hydrogen-bond acceptors (Lipinski definition) is 4. The topological polar surface area (TPSA) is 78.6 Å². The van der Waals surface area contributed by atoms with Crippen LogP contribution in [0.1, 0.15) is 55.8 Å². The Kier molecular flexibility index (Phi) is 4.96. The number of halogens is 2. The first-order valence-electron chi connectivity index (χ1n) is 10.2. The van der Waals surface area contributed by atoms with Gasteiger partial charge >= 0.3 is 6.09 Å². The Morgan fingerprint density at radius 1 is 1.17 bits per heavy atom. The van der Waals surface area contributed by atoms with Gasteiger partial charge in [-0.15, -0.1) is 0 Å². The highest BCUT2D eigenvalue weighted by atomic mass is 35.5. The fourth-order valence-electron chi connectivity index (χ4n) is 4.98. The molecule has 2 aromatic rings. The van der Waals surface area contributed by atoms with E-state index in [2.05, 4.69) is 10.5 Å². The van der Waals surface area contributed by atoms with Gasteiger partial charge in [-0.1, -0.05) is 34.4 Å². The molecule has 0 radical (unpaired) electrons. The normalized spacial score (nSPS) is 26.1. The van der Waals surface area contributed by atoms with E-state index in [4.69, 9.17) is 27.7 Å². The molecular formula is C21H23Cl2N3O3. The lowest BCUT2D eigenvalue weighted by Crippen LogP contribution is -2.50. The van der Waals surface area contributed by atoms with Gasteiger partial charge in [0.1, 0.15) is 11.5 Å². The Bertz CT molecular complexity index is 909. The molecule has 5 rings (SSSR count). The Morgan fingerprint density at radius 3 is 2.41 bits per heavy atom. The predicted octanol–water partition coefficient (Wildman–Crippen LogP) is 5.29. The van der Waals surface area contributed by atoms with Crippen molar-refractivity contribution in [2.75, 3.05) is 0 Å². The van der Waals surface area contributed by atoms with Crippen LogP contribution in [0.3, 0.4) is 0 Å². The van der Waals surface area contributed by atoms with Gasteiger partial charge in [-0.2, -0.15) is 0 Å². The Morgan fingerprint density at radius 2 is 1.83 bits per heavy atom. The van der Waals surface area contributed by atoms with Gasteiger partial charge in [0.25, 0.3) is 0 Å². The number of aromatic nitrogens is 1. The lowest BCUT2D eigenvalue weighted by atomic mass is 9.97. The minimum atomic E-state index is -0.790. The minimum absolute atomic E-state index is 0.117. The largest absolute Gasteiger partial charge is 0.465 e. The van der Waals surface area contributed by atoms with Crippen LogP contribution >= 0.6 is 23.2 Å². The van der Waals surface area contributed by atoms with Crippen molar-refractivity contribution < 1.29 is 14.4 Å². The van der Waals surface area contributed by atoms with Crippen molar-refractivity contribution in [3.05, 3.63) is 39.6 Å². The van der Waals surface area contributed by atoms with Crippen LogP contribution in [0, 0.1) is 0 Å². The van der Waals surface area contributed by atoms with E-state index >= 15 is 0 Å². The summed E-state index contributed by atoms with van der Waals surface area (Å²) in [7, 11) is 0. The smallest absolute Gasteiger partial charge is 0.407 e. The summed E-state index contributed by atoms with van der Waals surface area (Å²) in [5.74, 6) is 1.34. The molecule has 3 atom stereocenters. The molecule has 1 aliphatic carbocycles. The van der Waals surface area contributed by atoms with Gasteiger partial charge in [-0.05, 0) is 50.7 Å². The number of hydrogen-bond donors (Lipinski definition) is 2. The van der Waals surface area contributed by atoms with Crippen molar-refractivity contribution in [3.8, 4) is 11.3 Å². The Labute approximate surface area is 179 Å². The molecule has 1 saturated carbocycles. The highest BCUT2D eigenvalue weighted by Crippen LogP contribution is 2.46. The molecule has 2 bridgehead atoms. The van der Waals surface area contributed by atoms with Crippen molar-refractivity contribution in [2.45, 2.75) is 69.1 Å². The molecule has 29 heavy (non-hydrogen) atoms. The lowest BCUT2D eigenvalue weighted by molar-refractivity contribution is 0.0919. The maximum atomic E-state index is 11.5. The quantitative estimate of drug-likeness (QED) is 0.666. The summed E-state index contributed by atoms with van der Waals surface area (Å²) in [6, 6.07) is 5.95. The number of amides is 1. The minimum Gasteiger partial charge on any atom is -0.465 e. The maximum absolute atomic E-state index is 11.5. The summed E-state index contributed by atoms with van der Waals surface area (Å²) in [5.41, 5.74) is 2.44. The molecule has 8 heteroatoms. The number of carbonyl (C=O) groups is 1. The first kappa shape index (κ1) is 19.2. The zero-order valence-corrected chi connectivity index (χ0v) is 17.4. The Hall–Kier alpha value is -1.76. The second kappa shape index (κ2) is 7.49. The third kappa shape index (κ3) is 3.51. The van der Waals surface area contributed by atoms with Crippen molar-refractivity contribution in [2.24, 2.45) is 0 Å². The third-order valence-electron chi connectivity index (χ3n) is 6.49. The summed E-state index contributed by atoms with van der Waals surface area (Å²) in [5, 5.41) is 18.6. The van der Waals surface area contributed by atoms with Gasteiger partial charge in [0.2, 0.25) is 0 Å². The highest BCUT2D eigenvalue weighted by Gasteiger charge is 2.43. The van der Waals surface area contributed by atoms with E-state index in [0.717, 1.165) is 49.8 Å². The van der Waals surface area contributed by atoms with Gasteiger partial charge in [0.15, 0.2) is 0 Å². The molecule has 3 heterocycles. The molecule has 1 aromatic carbocycles. The number of benzene rings is 1. The second-order valence-corrected chi connectivity index (χ2v) is 9.18. The molecule has 0 spiro atoms. The van der Waals surface area contributed by atoms with Crippen LogP contribution in [0.4, 0.5) is 4.79 Å². The van der Waals surface area contributed by atoms with Gasteiger partial charge in [0, 0.05) is 41.7 Å². The molecule has 3 fully saturated rings. The summed E-state index contributed by atoms with van der Waals surface area (Å²) < 4.78 is 5.73. The summed E-state index contributed by atoms with van der Waals surface area (Å²) in [6.45, 7) is 0.614. The zero-order valence-electron chi connectivity index (χ0n) is 15.9. The van der Waals surface area contributed by atoms with Crippen molar-refractivity contribution >= 4 is 29.3 Å². The molecule has 154 valence electrons. The van der Waals surface area contributed by atoms with Gasteiger partial charge < -0.3 is 19.8 Å². The lowest BCUT2D eigenvalue weighted by Gasteiger charge is -2.37. The van der Waals surface area contributed by atoms with Crippen molar-refractivity contribution in [1.29, 1.82) is 0 Å². The number of carboxylic acid groups (broad SMARTS) is 1. The second-order valence-electron chi connectivity index (χ2n) is 8.37. The SMILES string of the molecule is O=C(O)N1[C@@H]2CC[C@H]1CC(NCc1c(-c3c(Cl)cccc3Cl)noc1C1CC1)C2. The first-order valence-corrected chi connectivity index (χ1v) is 11.0. The number of nitrogens with zero attached hydrogens (tertiary/aromatic N) is 2. The number of fused-ring (bicyclic) bond motifs is 2. The molecular weight excluding hydrogens is 413 g/mol. The fraction of sp³-hybridized carbons (Fsp3) is 0.524. The van der Waals surface area contributed by atoms with E-state index < -0.39 is 6.09 Å². The van der Waals surface area contributed by atoms with Crippen LogP contribution < -0.4 is 5.32 Å². The molecule has 3 aliphatic rings. The third-order valence-corrected chi connectivity index (χ3v) is 7.12. The average Bonchev–Trinajstić information content (AvgIpc) is 3.38. The summed E-state index contributed by atoms with van der Waals surface area (Å²) in [6.07, 6.45) is 5.02. The maximum Gasteiger partial charge on any atom is 0.407 e. The molecule has 1 amide bonds. The van der Waals surface area contributed by atoms with Crippen LogP contribution in [0.5, 0.6) is 0 Å². The molecule has 1 unspecified atom stereocenters. The van der Waals surface area contributed by atoms with Gasteiger partial charge in [0.05, 0.1) is 10.0 Å². The van der Waals surface area contributed by atoms with Crippen LogP contribution in [-0.2, 0) is 6.54 Å². The predicted molar refractivity (Wildman–Crippen MR) is 110 cm³/mol. The van der Waals surface area contributed by atoms with Crippen LogP contribution in [0.2, 0.25) is 10.0 Å². The zero-order chi connectivity index (χ0) is 20.1. The molecule has 1 aromatic heterocycles. The molecule has 2 N–H and O–H groups in total. The fourth-order valence-corrected chi connectivity index (χ4v) is 5.56. The standard InChI is InChI=1S/C21H23Cl2N3O3/c22-16-2-1-3-17(23)18(16)19-15(20(29-25-19)11-4-5-11)10-24-12-8-13-6-7-14(9-12)26(13)21(27)28/h1-3,11-14,24H,4-10H2,(H,27,28)/t12?,13-,14+. The number of rotatable bonds is 5. The van der Waals surface area contributed by atoms with E-state index in [-0.39, 0.29) is 18.1 Å². The van der Waals surface area contributed by atoms with Gasteiger partial charge in [-0.3, -0.25) is 0 Å². The average molecular weight is 436 g/mol. The van der Waals surface area contributed by atoms with E-state index in [1.807, 2.05) is 18.2 Å². The van der Waals surface area contributed by atoms with Crippen molar-refractivity contribution in [3.63, 3.8) is 0 Å².